The maximum absolute atomic E-state index is 5.11. The van der Waals surface area contributed by atoms with Crippen LogP contribution in [0.1, 0.15) is 0 Å². The average Bonchev–Trinajstić information content (AvgIpc) is 2.53. The first-order chi connectivity index (χ1) is 6.27. The molecular formula is C8H4BrN2OS-. The van der Waals surface area contributed by atoms with E-state index in [1.165, 1.54) is 0 Å². The first-order valence-electron chi connectivity index (χ1n) is 3.53. The lowest BCUT2D eigenvalue weighted by atomic mass is 10.2. The predicted octanol–water partition coefficient (Wildman–Crippen LogP) is 2.40. The molecule has 1 heterocycles. The molecule has 0 radical (unpaired) electrons. The molecule has 0 amide bonds. The molecule has 0 N–H and O–H groups in total. The number of halogens is 1. The number of hydrogen-bond donors (Lipinski definition) is 0. The summed E-state index contributed by atoms with van der Waals surface area (Å²) in [5.41, 5.74) is 0.853. The Hall–Kier alpha value is -0.940. The third-order valence-corrected chi connectivity index (χ3v) is 2.37. The summed E-state index contributed by atoms with van der Waals surface area (Å²) in [5, 5.41) is 7.57. The van der Waals surface area contributed by atoms with E-state index < -0.39 is 0 Å². The molecule has 2 rings (SSSR count). The van der Waals surface area contributed by atoms with Crippen LogP contribution in [-0.2, 0) is 12.6 Å². The van der Waals surface area contributed by atoms with Gasteiger partial charge in [0.15, 0.2) is 0 Å². The summed E-state index contributed by atoms with van der Waals surface area (Å²) in [5.74, 6) is 0.442. The molecule has 1 aromatic heterocycles. The van der Waals surface area contributed by atoms with Crippen LogP contribution in [0.3, 0.4) is 0 Å². The molecule has 2 aromatic rings. The molecule has 3 nitrogen and oxygen atoms in total. The summed E-state index contributed by atoms with van der Waals surface area (Å²) in [6, 6.07) is 7.60. The fourth-order valence-corrected chi connectivity index (χ4v) is 1.53. The zero-order valence-corrected chi connectivity index (χ0v) is 8.80. The molecule has 5 heteroatoms. The largest absolute Gasteiger partial charge is 0.719 e. The van der Waals surface area contributed by atoms with Crippen LogP contribution in [0, 0.1) is 0 Å². The molecule has 0 unspecified atom stereocenters. The summed E-state index contributed by atoms with van der Waals surface area (Å²) in [7, 11) is 0. The van der Waals surface area contributed by atoms with E-state index in [1.807, 2.05) is 24.3 Å². The van der Waals surface area contributed by atoms with Crippen molar-refractivity contribution in [3.05, 3.63) is 28.7 Å². The molecule has 66 valence electrons. The van der Waals surface area contributed by atoms with Gasteiger partial charge in [0.25, 0.3) is 0 Å². The number of nitrogens with zero attached hydrogens (tertiary/aromatic N) is 2. The molecule has 0 aliphatic rings. The monoisotopic (exact) mass is 255 g/mol. The first-order valence-corrected chi connectivity index (χ1v) is 4.73. The van der Waals surface area contributed by atoms with Crippen molar-refractivity contribution in [3.8, 4) is 11.5 Å². The topological polar surface area (TPSA) is 38.9 Å². The number of aromatic nitrogens is 2. The van der Waals surface area contributed by atoms with Crippen LogP contribution >= 0.6 is 15.9 Å². The number of rotatable bonds is 1. The van der Waals surface area contributed by atoms with Crippen LogP contribution in [0.5, 0.6) is 0 Å². The van der Waals surface area contributed by atoms with E-state index in [4.69, 9.17) is 17.0 Å². The maximum Gasteiger partial charge on any atom is 0.246 e. The summed E-state index contributed by atoms with van der Waals surface area (Å²) >= 11 is 8.10. The standard InChI is InChI=1S/C8H5BrN2OS/c9-6-4-2-1-3-5(6)7-10-11-8(13)12-7/h1-4H,(H,11,13)/p-1. The molecule has 0 spiro atoms. The van der Waals surface area contributed by atoms with Crippen molar-refractivity contribution in [1.82, 2.24) is 10.2 Å². The molecule has 0 fully saturated rings. The normalized spacial score (nSPS) is 10.2. The molecule has 0 saturated heterocycles. The highest BCUT2D eigenvalue weighted by Gasteiger charge is 2.06. The van der Waals surface area contributed by atoms with E-state index in [-0.39, 0.29) is 5.22 Å². The Morgan fingerprint density at radius 3 is 2.62 bits per heavy atom. The third kappa shape index (κ3) is 1.71. The summed E-state index contributed by atoms with van der Waals surface area (Å²) < 4.78 is 6.02. The van der Waals surface area contributed by atoms with Crippen molar-refractivity contribution in [3.63, 3.8) is 0 Å². The second-order valence-corrected chi connectivity index (χ2v) is 3.56. The minimum atomic E-state index is 0.158. The van der Waals surface area contributed by atoms with E-state index in [1.54, 1.807) is 0 Å². The van der Waals surface area contributed by atoms with Crippen LogP contribution in [-0.4, -0.2) is 10.2 Å². The first kappa shape index (κ1) is 8.65. The van der Waals surface area contributed by atoms with Gasteiger partial charge in [0.05, 0.1) is 10.8 Å². The highest BCUT2D eigenvalue weighted by molar-refractivity contribution is 9.10. The number of hydrogen-bond acceptors (Lipinski definition) is 4. The van der Waals surface area contributed by atoms with Crippen molar-refractivity contribution >= 4 is 28.6 Å². The van der Waals surface area contributed by atoms with E-state index in [0.29, 0.717) is 5.89 Å². The summed E-state index contributed by atoms with van der Waals surface area (Å²) in [4.78, 5) is 0. The van der Waals surface area contributed by atoms with E-state index >= 15 is 0 Å². The lowest BCUT2D eigenvalue weighted by Gasteiger charge is -1.97. The zero-order chi connectivity index (χ0) is 9.26. The van der Waals surface area contributed by atoms with Crippen molar-refractivity contribution < 1.29 is 4.42 Å². The van der Waals surface area contributed by atoms with Crippen LogP contribution in [0.25, 0.3) is 11.5 Å². The lowest BCUT2D eigenvalue weighted by Crippen LogP contribution is -1.78. The van der Waals surface area contributed by atoms with Gasteiger partial charge in [-0.2, -0.15) is 0 Å². The zero-order valence-electron chi connectivity index (χ0n) is 6.40. The van der Waals surface area contributed by atoms with Gasteiger partial charge in [0.1, 0.15) is 0 Å². The smallest absolute Gasteiger partial charge is 0.246 e. The van der Waals surface area contributed by atoms with E-state index in [2.05, 4.69) is 26.1 Å². The maximum atomic E-state index is 5.11. The Bertz CT molecular complexity index is 430. The lowest BCUT2D eigenvalue weighted by molar-refractivity contribution is 0.467. The minimum Gasteiger partial charge on any atom is -0.719 e. The Kier molecular flexibility index (Phi) is 2.28. The van der Waals surface area contributed by atoms with Gasteiger partial charge < -0.3 is 17.0 Å². The second-order valence-electron chi connectivity index (χ2n) is 2.35. The van der Waals surface area contributed by atoms with Crippen molar-refractivity contribution in [1.29, 1.82) is 0 Å². The fraction of sp³-hybridized carbons (Fsp3) is 0. The predicted molar refractivity (Wildman–Crippen MR) is 53.1 cm³/mol. The van der Waals surface area contributed by atoms with Gasteiger partial charge in [-0.25, -0.2) is 0 Å². The van der Waals surface area contributed by atoms with Gasteiger partial charge in [-0.3, -0.25) is 0 Å². The van der Waals surface area contributed by atoms with Crippen molar-refractivity contribution in [2.45, 2.75) is 5.22 Å². The van der Waals surface area contributed by atoms with Gasteiger partial charge in [-0.1, -0.05) is 12.1 Å². The second kappa shape index (κ2) is 3.43. The third-order valence-electron chi connectivity index (χ3n) is 1.51. The summed E-state index contributed by atoms with van der Waals surface area (Å²) in [6.45, 7) is 0. The molecule has 0 atom stereocenters. The molecule has 0 bridgehead atoms. The molecule has 0 saturated carbocycles. The Balaban J connectivity index is 2.52. The number of benzene rings is 1. The van der Waals surface area contributed by atoms with Gasteiger partial charge in [0, 0.05) is 4.47 Å². The summed E-state index contributed by atoms with van der Waals surface area (Å²) in [6.07, 6.45) is 0. The molecule has 0 aliphatic carbocycles. The van der Waals surface area contributed by atoms with Crippen LogP contribution in [0.4, 0.5) is 0 Å². The van der Waals surface area contributed by atoms with Gasteiger partial charge >= 0.3 is 0 Å². The van der Waals surface area contributed by atoms with Gasteiger partial charge in [0.2, 0.25) is 5.89 Å². The van der Waals surface area contributed by atoms with Gasteiger partial charge in [-0.05, 0) is 28.1 Å². The van der Waals surface area contributed by atoms with Crippen molar-refractivity contribution in [2.24, 2.45) is 0 Å². The van der Waals surface area contributed by atoms with E-state index in [9.17, 15) is 0 Å². The molecule has 1 aromatic carbocycles. The average molecular weight is 256 g/mol. The molecule has 13 heavy (non-hydrogen) atoms. The van der Waals surface area contributed by atoms with Crippen LogP contribution < -0.4 is 0 Å². The minimum absolute atomic E-state index is 0.158. The SMILES string of the molecule is [S-]c1nnc(-c2ccccc2Br)o1. The van der Waals surface area contributed by atoms with Crippen LogP contribution in [0.2, 0.25) is 0 Å². The fourth-order valence-electron chi connectivity index (χ4n) is 0.953. The highest BCUT2D eigenvalue weighted by Crippen LogP contribution is 2.26. The Labute approximate surface area is 88.7 Å². The van der Waals surface area contributed by atoms with Crippen molar-refractivity contribution in [2.75, 3.05) is 0 Å². The van der Waals surface area contributed by atoms with Crippen LogP contribution in [0.15, 0.2) is 38.4 Å². The molecule has 0 aliphatic heterocycles. The Morgan fingerprint density at radius 2 is 2.00 bits per heavy atom. The van der Waals surface area contributed by atoms with Gasteiger partial charge in [-0.15, -0.1) is 10.2 Å². The Morgan fingerprint density at radius 1 is 1.23 bits per heavy atom. The van der Waals surface area contributed by atoms with E-state index in [0.717, 1.165) is 10.0 Å². The molecular weight excluding hydrogens is 252 g/mol. The quantitative estimate of drug-likeness (QED) is 0.734. The highest BCUT2D eigenvalue weighted by atomic mass is 79.9.